The van der Waals surface area contributed by atoms with E-state index < -0.39 is 0 Å². The predicted molar refractivity (Wildman–Crippen MR) is 122 cm³/mol. The lowest BCUT2D eigenvalue weighted by atomic mass is 9.99. The van der Waals surface area contributed by atoms with Crippen LogP contribution in [0, 0.1) is 0 Å². The summed E-state index contributed by atoms with van der Waals surface area (Å²) >= 11 is 0. The number of benzene rings is 2. The predicted octanol–water partition coefficient (Wildman–Crippen LogP) is 5.09. The van der Waals surface area contributed by atoms with Gasteiger partial charge in [0.25, 0.3) is 0 Å². The number of halogens is 1. The summed E-state index contributed by atoms with van der Waals surface area (Å²) in [6.07, 6.45) is 7.25. The van der Waals surface area contributed by atoms with Crippen LogP contribution < -0.4 is 5.32 Å². The molecule has 150 valence electrons. The van der Waals surface area contributed by atoms with Crippen LogP contribution in [0.25, 0.3) is 10.8 Å². The Labute approximate surface area is 175 Å². The van der Waals surface area contributed by atoms with Gasteiger partial charge in [0.1, 0.15) is 0 Å². The van der Waals surface area contributed by atoms with Crippen molar-refractivity contribution in [2.75, 3.05) is 14.1 Å². The van der Waals surface area contributed by atoms with E-state index in [9.17, 15) is 0 Å². The van der Waals surface area contributed by atoms with Crippen molar-refractivity contribution in [1.29, 1.82) is 0 Å². The van der Waals surface area contributed by atoms with Crippen LogP contribution in [-0.2, 0) is 13.0 Å². The molecule has 0 radical (unpaired) electrons. The minimum absolute atomic E-state index is 0. The Morgan fingerprint density at radius 2 is 1.75 bits per heavy atom. The molecule has 0 bridgehead atoms. The fourth-order valence-corrected chi connectivity index (χ4v) is 3.59. The van der Waals surface area contributed by atoms with Gasteiger partial charge in [-0.05, 0) is 68.9 Å². The fourth-order valence-electron chi connectivity index (χ4n) is 3.59. The summed E-state index contributed by atoms with van der Waals surface area (Å²) in [6, 6.07) is 20.5. The second-order valence-corrected chi connectivity index (χ2v) is 7.72. The lowest BCUT2D eigenvalue weighted by molar-refractivity contribution is 0.243. The Hall–Kier alpha value is -1.94. The molecule has 1 unspecified atom stereocenters. The lowest BCUT2D eigenvalue weighted by Crippen LogP contribution is -2.36. The number of hydrogen-bond donors (Lipinski definition) is 1. The average Bonchev–Trinajstić information content (AvgIpc) is 2.70. The van der Waals surface area contributed by atoms with Crippen LogP contribution in [0.5, 0.6) is 0 Å². The standard InChI is InChI=1S/C24H31N3.ClH/c1-19(15-24(27(2)3)12-10-20-7-5-4-6-8-20)26-17-21-9-11-23-18-25-14-13-22(23)16-21;/h4-9,11,13-14,16,18-19,24,26H,10,12,15,17H2,1-3H3;1H/t19-,24?;/m1./s1. The van der Waals surface area contributed by atoms with E-state index in [-0.39, 0.29) is 12.4 Å². The maximum atomic E-state index is 4.18. The number of nitrogens with zero attached hydrogens (tertiary/aromatic N) is 2. The number of aromatic nitrogens is 1. The summed E-state index contributed by atoms with van der Waals surface area (Å²) in [5.41, 5.74) is 2.75. The van der Waals surface area contributed by atoms with Crippen LogP contribution in [-0.4, -0.2) is 36.1 Å². The largest absolute Gasteiger partial charge is 0.310 e. The van der Waals surface area contributed by atoms with Gasteiger partial charge >= 0.3 is 0 Å². The fraction of sp³-hybridized carbons (Fsp3) is 0.375. The van der Waals surface area contributed by atoms with Crippen molar-refractivity contribution >= 4 is 23.2 Å². The Morgan fingerprint density at radius 1 is 0.964 bits per heavy atom. The maximum Gasteiger partial charge on any atom is 0.0346 e. The molecule has 0 saturated carbocycles. The molecule has 1 aromatic heterocycles. The smallest absolute Gasteiger partial charge is 0.0346 e. The molecule has 28 heavy (non-hydrogen) atoms. The highest BCUT2D eigenvalue weighted by Crippen LogP contribution is 2.16. The highest BCUT2D eigenvalue weighted by atomic mass is 35.5. The number of nitrogens with one attached hydrogen (secondary N) is 1. The van der Waals surface area contributed by atoms with Crippen molar-refractivity contribution in [3.63, 3.8) is 0 Å². The second kappa shape index (κ2) is 11.2. The van der Waals surface area contributed by atoms with E-state index in [0.717, 1.165) is 19.4 Å². The number of hydrogen-bond acceptors (Lipinski definition) is 3. The summed E-state index contributed by atoms with van der Waals surface area (Å²) in [4.78, 5) is 6.55. The van der Waals surface area contributed by atoms with E-state index in [1.165, 1.54) is 28.3 Å². The zero-order chi connectivity index (χ0) is 19.1. The summed E-state index contributed by atoms with van der Waals surface area (Å²) in [5, 5.41) is 6.16. The quantitative estimate of drug-likeness (QED) is 0.545. The van der Waals surface area contributed by atoms with E-state index in [1.54, 1.807) is 0 Å². The van der Waals surface area contributed by atoms with Gasteiger partial charge in [-0.2, -0.15) is 0 Å². The average molecular weight is 398 g/mol. The topological polar surface area (TPSA) is 28.2 Å². The third kappa shape index (κ3) is 6.59. The third-order valence-electron chi connectivity index (χ3n) is 5.32. The molecule has 3 rings (SSSR count). The molecule has 1 heterocycles. The summed E-state index contributed by atoms with van der Waals surface area (Å²) < 4.78 is 0. The van der Waals surface area contributed by atoms with Crippen molar-refractivity contribution in [3.05, 3.63) is 78.1 Å². The zero-order valence-corrected chi connectivity index (χ0v) is 18.0. The van der Waals surface area contributed by atoms with Gasteiger partial charge in [0.15, 0.2) is 0 Å². The van der Waals surface area contributed by atoms with Gasteiger partial charge in [0, 0.05) is 36.4 Å². The molecule has 0 fully saturated rings. The van der Waals surface area contributed by atoms with E-state index in [2.05, 4.69) is 90.8 Å². The summed E-state index contributed by atoms with van der Waals surface area (Å²) in [6.45, 7) is 3.20. The molecule has 0 aliphatic carbocycles. The van der Waals surface area contributed by atoms with Crippen molar-refractivity contribution in [2.45, 2.75) is 44.8 Å². The van der Waals surface area contributed by atoms with Crippen LogP contribution in [0.1, 0.15) is 30.9 Å². The molecule has 1 N–H and O–H groups in total. The molecule has 0 spiro atoms. The van der Waals surface area contributed by atoms with Crippen molar-refractivity contribution in [3.8, 4) is 0 Å². The highest BCUT2D eigenvalue weighted by molar-refractivity contribution is 5.85. The van der Waals surface area contributed by atoms with Gasteiger partial charge in [-0.3, -0.25) is 4.98 Å². The lowest BCUT2D eigenvalue weighted by Gasteiger charge is -2.28. The molecule has 3 nitrogen and oxygen atoms in total. The number of aryl methyl sites for hydroxylation is 1. The minimum atomic E-state index is 0. The molecule has 0 saturated heterocycles. The maximum absolute atomic E-state index is 4.18. The first-order valence-corrected chi connectivity index (χ1v) is 9.88. The normalized spacial score (nSPS) is 13.3. The monoisotopic (exact) mass is 397 g/mol. The first-order valence-electron chi connectivity index (χ1n) is 9.88. The van der Waals surface area contributed by atoms with Gasteiger partial charge in [0.05, 0.1) is 0 Å². The first-order chi connectivity index (χ1) is 13.1. The molecule has 2 atom stereocenters. The molecular weight excluding hydrogens is 366 g/mol. The first kappa shape index (κ1) is 22.4. The van der Waals surface area contributed by atoms with Gasteiger partial charge in [-0.25, -0.2) is 0 Å². The second-order valence-electron chi connectivity index (χ2n) is 7.72. The van der Waals surface area contributed by atoms with E-state index in [0.29, 0.717) is 12.1 Å². The molecule has 2 aromatic carbocycles. The summed E-state index contributed by atoms with van der Waals surface area (Å²) in [5.74, 6) is 0. The van der Waals surface area contributed by atoms with Crippen LogP contribution in [0.2, 0.25) is 0 Å². The minimum Gasteiger partial charge on any atom is -0.310 e. The highest BCUT2D eigenvalue weighted by Gasteiger charge is 2.15. The van der Waals surface area contributed by atoms with Crippen molar-refractivity contribution < 1.29 is 0 Å². The van der Waals surface area contributed by atoms with Crippen molar-refractivity contribution in [1.82, 2.24) is 15.2 Å². The number of rotatable bonds is 9. The molecule has 0 aliphatic heterocycles. The van der Waals surface area contributed by atoms with E-state index >= 15 is 0 Å². The Kier molecular flexibility index (Phi) is 8.91. The van der Waals surface area contributed by atoms with Crippen LogP contribution in [0.15, 0.2) is 67.0 Å². The van der Waals surface area contributed by atoms with E-state index in [1.807, 2.05) is 12.4 Å². The van der Waals surface area contributed by atoms with Gasteiger partial charge in [0.2, 0.25) is 0 Å². The van der Waals surface area contributed by atoms with Crippen molar-refractivity contribution in [2.24, 2.45) is 0 Å². The zero-order valence-electron chi connectivity index (χ0n) is 17.1. The molecule has 0 aliphatic rings. The van der Waals surface area contributed by atoms with Gasteiger partial charge in [-0.15, -0.1) is 12.4 Å². The summed E-state index contributed by atoms with van der Waals surface area (Å²) in [7, 11) is 4.39. The van der Waals surface area contributed by atoms with Gasteiger partial charge < -0.3 is 10.2 Å². The third-order valence-corrected chi connectivity index (χ3v) is 5.32. The van der Waals surface area contributed by atoms with E-state index in [4.69, 9.17) is 0 Å². The number of fused-ring (bicyclic) bond motifs is 1. The SMILES string of the molecule is C[C@H](CC(CCc1ccccc1)N(C)C)NCc1ccc2cnccc2c1.Cl. The Morgan fingerprint density at radius 3 is 2.50 bits per heavy atom. The van der Waals surface area contributed by atoms with Crippen LogP contribution in [0.4, 0.5) is 0 Å². The molecule has 4 heteroatoms. The Bertz CT molecular complexity index is 835. The molecule has 3 aromatic rings. The molecule has 0 amide bonds. The molecular formula is C24H32ClN3. The number of pyridine rings is 1. The van der Waals surface area contributed by atoms with Crippen LogP contribution in [0.3, 0.4) is 0 Å². The van der Waals surface area contributed by atoms with Gasteiger partial charge in [-0.1, -0.05) is 42.5 Å². The van der Waals surface area contributed by atoms with Crippen LogP contribution >= 0.6 is 12.4 Å². The Balaban J connectivity index is 0.00000280.